The van der Waals surface area contributed by atoms with Crippen LogP contribution in [0, 0.1) is 0 Å². The zero-order valence-corrected chi connectivity index (χ0v) is 12.2. The van der Waals surface area contributed by atoms with Crippen LogP contribution < -0.4 is 10.0 Å². The van der Waals surface area contributed by atoms with Crippen molar-refractivity contribution in [1.82, 2.24) is 4.98 Å². The molecule has 0 atom stereocenters. The Labute approximate surface area is 119 Å². The molecule has 0 bridgehead atoms. The summed E-state index contributed by atoms with van der Waals surface area (Å²) in [5.41, 5.74) is 2.00. The molecular formula is C14H17N3O2S. The standard InChI is InChI=1S/C14H17N3O2S/c1-3-11-7-4-5-8-12(11)17-20(18,19)14-13(15-2)9-6-10-16-14/h4-10,15,17H,3H2,1-2H3. The van der Waals surface area contributed by atoms with Crippen molar-refractivity contribution in [1.29, 1.82) is 0 Å². The highest BCUT2D eigenvalue weighted by molar-refractivity contribution is 7.92. The predicted molar refractivity (Wildman–Crippen MR) is 80.4 cm³/mol. The number of hydrogen-bond acceptors (Lipinski definition) is 4. The van der Waals surface area contributed by atoms with Crippen molar-refractivity contribution in [3.63, 3.8) is 0 Å². The number of nitrogens with zero attached hydrogens (tertiary/aromatic N) is 1. The average Bonchev–Trinajstić information content (AvgIpc) is 2.47. The van der Waals surface area contributed by atoms with Gasteiger partial charge in [0.05, 0.1) is 11.4 Å². The number of nitrogens with one attached hydrogen (secondary N) is 2. The van der Waals surface area contributed by atoms with E-state index in [1.807, 2.05) is 19.1 Å². The number of pyridine rings is 1. The van der Waals surface area contributed by atoms with Gasteiger partial charge in [-0.25, -0.2) is 4.98 Å². The maximum atomic E-state index is 12.4. The smallest absolute Gasteiger partial charge is 0.281 e. The Bertz CT molecular complexity index is 699. The van der Waals surface area contributed by atoms with Crippen LogP contribution in [0.1, 0.15) is 12.5 Å². The van der Waals surface area contributed by atoms with Crippen molar-refractivity contribution in [2.45, 2.75) is 18.4 Å². The van der Waals surface area contributed by atoms with Gasteiger partial charge in [-0.15, -0.1) is 0 Å². The van der Waals surface area contributed by atoms with E-state index < -0.39 is 10.0 Å². The summed E-state index contributed by atoms with van der Waals surface area (Å²) < 4.78 is 27.5. The molecule has 5 nitrogen and oxygen atoms in total. The van der Waals surface area contributed by atoms with Crippen LogP contribution in [0.4, 0.5) is 11.4 Å². The molecule has 106 valence electrons. The van der Waals surface area contributed by atoms with Crippen molar-refractivity contribution < 1.29 is 8.42 Å². The fourth-order valence-corrected chi connectivity index (χ4v) is 3.16. The van der Waals surface area contributed by atoms with Gasteiger partial charge in [-0.05, 0) is 30.2 Å². The van der Waals surface area contributed by atoms with Gasteiger partial charge in [0, 0.05) is 13.2 Å². The van der Waals surface area contributed by atoms with Crippen LogP contribution in [-0.2, 0) is 16.4 Å². The summed E-state index contributed by atoms with van der Waals surface area (Å²) >= 11 is 0. The molecule has 0 aliphatic rings. The molecule has 20 heavy (non-hydrogen) atoms. The molecule has 2 N–H and O–H groups in total. The Hall–Kier alpha value is -2.08. The Morgan fingerprint density at radius 3 is 2.50 bits per heavy atom. The van der Waals surface area contributed by atoms with Gasteiger partial charge in [0.25, 0.3) is 10.0 Å². The van der Waals surface area contributed by atoms with E-state index in [4.69, 9.17) is 0 Å². The number of sulfonamides is 1. The molecule has 0 amide bonds. The molecule has 0 aliphatic carbocycles. The molecule has 1 heterocycles. The zero-order valence-electron chi connectivity index (χ0n) is 11.4. The normalized spacial score (nSPS) is 11.1. The molecule has 0 spiro atoms. The van der Waals surface area contributed by atoms with Crippen LogP contribution in [0.2, 0.25) is 0 Å². The van der Waals surface area contributed by atoms with Crippen LogP contribution in [0.5, 0.6) is 0 Å². The Morgan fingerprint density at radius 1 is 1.10 bits per heavy atom. The Kier molecular flexibility index (Phi) is 4.24. The van der Waals surface area contributed by atoms with E-state index >= 15 is 0 Å². The lowest BCUT2D eigenvalue weighted by atomic mass is 10.1. The van der Waals surface area contributed by atoms with Crippen molar-refractivity contribution >= 4 is 21.4 Å². The van der Waals surface area contributed by atoms with E-state index in [0.29, 0.717) is 11.4 Å². The fraction of sp³-hybridized carbons (Fsp3) is 0.214. The first kappa shape index (κ1) is 14.3. The molecule has 0 fully saturated rings. The van der Waals surface area contributed by atoms with Gasteiger partial charge < -0.3 is 5.32 Å². The summed E-state index contributed by atoms with van der Waals surface area (Å²) in [6.07, 6.45) is 2.21. The van der Waals surface area contributed by atoms with Gasteiger partial charge in [0.2, 0.25) is 0 Å². The van der Waals surface area contributed by atoms with E-state index in [9.17, 15) is 8.42 Å². The molecule has 0 radical (unpaired) electrons. The number of aryl methyl sites for hydroxylation is 1. The molecule has 2 aromatic rings. The summed E-state index contributed by atoms with van der Waals surface area (Å²) in [5, 5.41) is 2.83. The molecular weight excluding hydrogens is 274 g/mol. The third-order valence-electron chi connectivity index (χ3n) is 2.94. The molecule has 1 aromatic carbocycles. The molecule has 6 heteroatoms. The Morgan fingerprint density at radius 2 is 1.80 bits per heavy atom. The number of anilines is 2. The van der Waals surface area contributed by atoms with E-state index in [-0.39, 0.29) is 5.03 Å². The second-order valence-electron chi connectivity index (χ2n) is 4.22. The topological polar surface area (TPSA) is 71.1 Å². The summed E-state index contributed by atoms with van der Waals surface area (Å²) in [7, 11) is -2.05. The maximum Gasteiger partial charge on any atom is 0.281 e. The minimum absolute atomic E-state index is 0.00611. The van der Waals surface area contributed by atoms with Crippen LogP contribution in [0.25, 0.3) is 0 Å². The van der Waals surface area contributed by atoms with E-state index in [1.165, 1.54) is 6.20 Å². The second kappa shape index (κ2) is 5.92. The predicted octanol–water partition coefficient (Wildman–Crippen LogP) is 2.49. The molecule has 0 saturated carbocycles. The largest absolute Gasteiger partial charge is 0.386 e. The molecule has 0 aliphatic heterocycles. The van der Waals surface area contributed by atoms with Gasteiger partial charge >= 0.3 is 0 Å². The Balaban J connectivity index is 2.41. The zero-order chi connectivity index (χ0) is 14.6. The highest BCUT2D eigenvalue weighted by atomic mass is 32.2. The highest BCUT2D eigenvalue weighted by Crippen LogP contribution is 2.23. The number of benzene rings is 1. The van der Waals surface area contributed by atoms with Crippen LogP contribution in [0.15, 0.2) is 47.6 Å². The molecule has 0 saturated heterocycles. The van der Waals surface area contributed by atoms with Gasteiger partial charge in [0.15, 0.2) is 5.03 Å². The first-order chi connectivity index (χ1) is 9.58. The number of aromatic nitrogens is 1. The van der Waals surface area contributed by atoms with Crippen molar-refractivity contribution in [3.8, 4) is 0 Å². The van der Waals surface area contributed by atoms with Gasteiger partial charge in [-0.1, -0.05) is 25.1 Å². The summed E-state index contributed by atoms with van der Waals surface area (Å²) in [6, 6.07) is 10.7. The highest BCUT2D eigenvalue weighted by Gasteiger charge is 2.20. The van der Waals surface area contributed by atoms with E-state index in [0.717, 1.165) is 12.0 Å². The number of hydrogen-bond donors (Lipinski definition) is 2. The molecule has 0 unspecified atom stereocenters. The van der Waals surface area contributed by atoms with Gasteiger partial charge in [-0.2, -0.15) is 8.42 Å². The molecule has 2 rings (SSSR count). The van der Waals surface area contributed by atoms with Gasteiger partial charge in [0.1, 0.15) is 0 Å². The van der Waals surface area contributed by atoms with Crippen LogP contribution >= 0.6 is 0 Å². The minimum atomic E-state index is -3.71. The van der Waals surface area contributed by atoms with Crippen molar-refractivity contribution in [2.24, 2.45) is 0 Å². The van der Waals surface area contributed by atoms with E-state index in [1.54, 1.807) is 31.3 Å². The SMILES string of the molecule is CCc1ccccc1NS(=O)(=O)c1ncccc1NC. The van der Waals surface area contributed by atoms with E-state index in [2.05, 4.69) is 15.0 Å². The minimum Gasteiger partial charge on any atom is -0.386 e. The lowest BCUT2D eigenvalue weighted by Crippen LogP contribution is -2.17. The second-order valence-corrected chi connectivity index (χ2v) is 5.82. The van der Waals surface area contributed by atoms with Gasteiger partial charge in [-0.3, -0.25) is 4.72 Å². The van der Waals surface area contributed by atoms with Crippen LogP contribution in [0.3, 0.4) is 0 Å². The first-order valence-electron chi connectivity index (χ1n) is 6.32. The van der Waals surface area contributed by atoms with Crippen molar-refractivity contribution in [2.75, 3.05) is 17.1 Å². The first-order valence-corrected chi connectivity index (χ1v) is 7.80. The van der Waals surface area contributed by atoms with Crippen LogP contribution in [-0.4, -0.2) is 20.4 Å². The lowest BCUT2D eigenvalue weighted by molar-refractivity contribution is 0.598. The number of rotatable bonds is 5. The quantitative estimate of drug-likeness (QED) is 0.888. The summed E-state index contributed by atoms with van der Waals surface area (Å²) in [4.78, 5) is 3.96. The summed E-state index contributed by atoms with van der Waals surface area (Å²) in [6.45, 7) is 1.98. The maximum absolute atomic E-state index is 12.4. The average molecular weight is 291 g/mol. The fourth-order valence-electron chi connectivity index (χ4n) is 1.92. The van der Waals surface area contributed by atoms with Crippen molar-refractivity contribution in [3.05, 3.63) is 48.2 Å². The third-order valence-corrected chi connectivity index (χ3v) is 4.26. The molecule has 1 aromatic heterocycles. The summed E-state index contributed by atoms with van der Waals surface area (Å²) in [5.74, 6) is 0. The third kappa shape index (κ3) is 2.91. The monoisotopic (exact) mass is 291 g/mol. The number of para-hydroxylation sites is 1. The lowest BCUT2D eigenvalue weighted by Gasteiger charge is -2.13.